The third-order valence-corrected chi connectivity index (χ3v) is 3.13. The van der Waals surface area contributed by atoms with Gasteiger partial charge in [-0.1, -0.05) is 6.92 Å². The summed E-state index contributed by atoms with van der Waals surface area (Å²) in [5, 5.41) is 12.0. The number of likely N-dealkylation sites (tertiary alicyclic amines) is 1. The third kappa shape index (κ3) is 2.13. The van der Waals surface area contributed by atoms with Crippen LogP contribution >= 0.6 is 0 Å². The summed E-state index contributed by atoms with van der Waals surface area (Å²) in [4.78, 5) is 24.7. The molecule has 16 heavy (non-hydrogen) atoms. The molecule has 1 aliphatic heterocycles. The first-order chi connectivity index (χ1) is 7.44. The number of hydrogen-bond donors (Lipinski definition) is 2. The Labute approximate surface area is 95.8 Å². The van der Waals surface area contributed by atoms with Crippen LogP contribution in [0.25, 0.3) is 0 Å². The first-order valence-corrected chi connectivity index (χ1v) is 5.75. The highest BCUT2D eigenvalue weighted by Crippen LogP contribution is 2.32. The molecule has 5 heteroatoms. The van der Waals surface area contributed by atoms with Crippen LogP contribution in [-0.2, 0) is 4.79 Å². The van der Waals surface area contributed by atoms with Crippen molar-refractivity contribution in [2.45, 2.75) is 51.6 Å². The number of carbonyl (C=O) groups is 2. The second-order valence-electron chi connectivity index (χ2n) is 4.55. The molecular weight excluding hydrogens is 208 g/mol. The van der Waals surface area contributed by atoms with E-state index in [1.165, 1.54) is 4.90 Å². The van der Waals surface area contributed by atoms with Gasteiger partial charge in [-0.3, -0.25) is 0 Å². The first kappa shape index (κ1) is 12.8. The van der Waals surface area contributed by atoms with Gasteiger partial charge >= 0.3 is 12.0 Å². The number of carboxylic acid groups (broad SMARTS) is 1. The second-order valence-corrected chi connectivity index (χ2v) is 4.55. The molecule has 1 aliphatic rings. The number of amides is 2. The molecule has 0 aromatic heterocycles. The molecule has 92 valence electrons. The number of carbonyl (C=O) groups excluding carboxylic acids is 1. The lowest BCUT2D eigenvalue weighted by Crippen LogP contribution is -2.56. The zero-order valence-corrected chi connectivity index (χ0v) is 10.1. The van der Waals surface area contributed by atoms with Gasteiger partial charge in [0.25, 0.3) is 0 Å². The molecule has 1 rings (SSSR count). The molecule has 0 aliphatic carbocycles. The van der Waals surface area contributed by atoms with E-state index < -0.39 is 11.5 Å². The molecule has 0 radical (unpaired) electrons. The Morgan fingerprint density at radius 3 is 2.56 bits per heavy atom. The Kier molecular flexibility index (Phi) is 3.78. The molecule has 2 N–H and O–H groups in total. The van der Waals surface area contributed by atoms with Gasteiger partial charge < -0.3 is 15.3 Å². The summed E-state index contributed by atoms with van der Waals surface area (Å²) in [7, 11) is 0. The number of urea groups is 1. The van der Waals surface area contributed by atoms with Crippen LogP contribution in [0, 0.1) is 0 Å². The van der Waals surface area contributed by atoms with E-state index in [1.807, 2.05) is 20.8 Å². The van der Waals surface area contributed by atoms with E-state index in [1.54, 1.807) is 0 Å². The maximum absolute atomic E-state index is 11.9. The maximum Gasteiger partial charge on any atom is 0.329 e. The second kappa shape index (κ2) is 4.72. The fraction of sp³-hybridized carbons (Fsp3) is 0.818. The van der Waals surface area contributed by atoms with E-state index in [-0.39, 0.29) is 12.1 Å². The van der Waals surface area contributed by atoms with Crippen molar-refractivity contribution in [2.75, 3.05) is 6.54 Å². The summed E-state index contributed by atoms with van der Waals surface area (Å²) in [6, 6.07) is -0.242. The molecule has 1 fully saturated rings. The lowest BCUT2D eigenvalue weighted by molar-refractivity contribution is -0.148. The summed E-state index contributed by atoms with van der Waals surface area (Å²) in [6.07, 6.45) is 1.75. The van der Waals surface area contributed by atoms with Crippen LogP contribution in [0.4, 0.5) is 4.79 Å². The van der Waals surface area contributed by atoms with Gasteiger partial charge in [-0.25, -0.2) is 9.59 Å². The smallest absolute Gasteiger partial charge is 0.329 e. The largest absolute Gasteiger partial charge is 0.479 e. The minimum absolute atomic E-state index is 0.0245. The van der Waals surface area contributed by atoms with Gasteiger partial charge in [-0.2, -0.15) is 0 Å². The van der Waals surface area contributed by atoms with Gasteiger partial charge in [0, 0.05) is 12.6 Å². The van der Waals surface area contributed by atoms with E-state index in [0.29, 0.717) is 19.4 Å². The molecule has 1 unspecified atom stereocenters. The molecule has 0 saturated carbocycles. The molecule has 5 nitrogen and oxygen atoms in total. The van der Waals surface area contributed by atoms with Crippen molar-refractivity contribution in [1.82, 2.24) is 10.2 Å². The summed E-state index contributed by atoms with van der Waals surface area (Å²) < 4.78 is 0. The Morgan fingerprint density at radius 1 is 1.50 bits per heavy atom. The van der Waals surface area contributed by atoms with Crippen LogP contribution in [0.15, 0.2) is 0 Å². The molecule has 1 saturated heterocycles. The normalized spacial score (nSPS) is 24.9. The van der Waals surface area contributed by atoms with Crippen LogP contribution in [0.2, 0.25) is 0 Å². The van der Waals surface area contributed by atoms with Gasteiger partial charge in [0.15, 0.2) is 0 Å². The van der Waals surface area contributed by atoms with Crippen LogP contribution in [0.5, 0.6) is 0 Å². The van der Waals surface area contributed by atoms with Crippen molar-refractivity contribution in [3.8, 4) is 0 Å². The zero-order chi connectivity index (χ0) is 12.3. The van der Waals surface area contributed by atoms with Gasteiger partial charge in [-0.05, 0) is 33.1 Å². The maximum atomic E-state index is 11.9. The average Bonchev–Trinajstić information content (AvgIpc) is 2.60. The van der Waals surface area contributed by atoms with Crippen LogP contribution in [-0.4, -0.2) is 40.1 Å². The summed E-state index contributed by atoms with van der Waals surface area (Å²) in [5.74, 6) is -0.897. The number of aliphatic carboxylic acids is 1. The average molecular weight is 228 g/mol. The molecule has 2 amide bonds. The van der Waals surface area contributed by atoms with Crippen LogP contribution in [0.3, 0.4) is 0 Å². The summed E-state index contributed by atoms with van der Waals surface area (Å²) in [5.41, 5.74) is -1.00. The zero-order valence-electron chi connectivity index (χ0n) is 10.1. The Bertz CT molecular complexity index is 291. The van der Waals surface area contributed by atoms with Gasteiger partial charge in [0.05, 0.1) is 0 Å². The van der Waals surface area contributed by atoms with Gasteiger partial charge in [0.2, 0.25) is 0 Å². The van der Waals surface area contributed by atoms with E-state index in [2.05, 4.69) is 5.32 Å². The van der Waals surface area contributed by atoms with Crippen LogP contribution in [0.1, 0.15) is 40.0 Å². The lowest BCUT2D eigenvalue weighted by atomic mass is 9.93. The topological polar surface area (TPSA) is 69.6 Å². The monoisotopic (exact) mass is 228 g/mol. The van der Waals surface area contributed by atoms with E-state index in [9.17, 15) is 14.7 Å². The first-order valence-electron chi connectivity index (χ1n) is 5.75. The highest BCUT2D eigenvalue weighted by atomic mass is 16.4. The quantitative estimate of drug-likeness (QED) is 0.767. The van der Waals surface area contributed by atoms with Crippen molar-refractivity contribution in [2.24, 2.45) is 0 Å². The van der Waals surface area contributed by atoms with E-state index in [0.717, 1.165) is 6.42 Å². The number of carboxylic acids is 1. The fourth-order valence-corrected chi connectivity index (χ4v) is 2.24. The Morgan fingerprint density at radius 2 is 2.12 bits per heavy atom. The lowest BCUT2D eigenvalue weighted by Gasteiger charge is -2.34. The minimum Gasteiger partial charge on any atom is -0.479 e. The minimum atomic E-state index is -1.00. The Balaban J connectivity index is 2.86. The van der Waals surface area contributed by atoms with Crippen LogP contribution < -0.4 is 5.32 Å². The fourth-order valence-electron chi connectivity index (χ4n) is 2.24. The highest BCUT2D eigenvalue weighted by molar-refractivity contribution is 5.87. The third-order valence-electron chi connectivity index (χ3n) is 3.13. The molecular formula is C11H20N2O3. The van der Waals surface area contributed by atoms with Crippen molar-refractivity contribution in [3.05, 3.63) is 0 Å². The highest BCUT2D eigenvalue weighted by Gasteiger charge is 2.48. The molecule has 1 heterocycles. The number of rotatable bonds is 3. The van der Waals surface area contributed by atoms with Gasteiger partial charge in [0.1, 0.15) is 5.54 Å². The van der Waals surface area contributed by atoms with Crippen molar-refractivity contribution >= 4 is 12.0 Å². The van der Waals surface area contributed by atoms with E-state index in [4.69, 9.17) is 0 Å². The molecule has 0 bridgehead atoms. The predicted octanol–water partition coefficient (Wildman–Crippen LogP) is 1.43. The summed E-state index contributed by atoms with van der Waals surface area (Å²) in [6.45, 7) is 6.07. The number of nitrogens with zero attached hydrogens (tertiary/aromatic N) is 1. The van der Waals surface area contributed by atoms with E-state index >= 15 is 0 Å². The molecule has 1 atom stereocenters. The standard InChI is InChI=1S/C11H20N2O3/c1-4-11(9(14)15)6-5-7-13(11)10(16)12-8(2)3/h8H,4-7H2,1-3H3,(H,12,16)(H,14,15). The van der Waals surface area contributed by atoms with Crippen molar-refractivity contribution in [1.29, 1.82) is 0 Å². The number of hydrogen-bond acceptors (Lipinski definition) is 2. The Hall–Kier alpha value is -1.26. The number of nitrogens with one attached hydrogen (secondary N) is 1. The van der Waals surface area contributed by atoms with Crippen molar-refractivity contribution in [3.63, 3.8) is 0 Å². The predicted molar refractivity (Wildman–Crippen MR) is 60.3 cm³/mol. The molecule has 0 spiro atoms. The van der Waals surface area contributed by atoms with Crippen molar-refractivity contribution < 1.29 is 14.7 Å². The summed E-state index contributed by atoms with van der Waals surface area (Å²) >= 11 is 0. The SMILES string of the molecule is CCC1(C(=O)O)CCCN1C(=O)NC(C)C. The molecule has 0 aromatic carbocycles. The molecule has 0 aromatic rings. The van der Waals surface area contributed by atoms with Gasteiger partial charge in [-0.15, -0.1) is 0 Å².